The minimum atomic E-state index is 0.368. The quantitative estimate of drug-likeness (QED) is 0.707. The van der Waals surface area contributed by atoms with Crippen molar-refractivity contribution >= 4 is 22.4 Å². The Morgan fingerprint density at radius 2 is 1.89 bits per heavy atom. The molecule has 0 bridgehead atoms. The molecule has 19 heavy (non-hydrogen) atoms. The van der Waals surface area contributed by atoms with Gasteiger partial charge in [-0.1, -0.05) is 41.9 Å². The normalized spacial score (nSPS) is 10.6. The van der Waals surface area contributed by atoms with Crippen LogP contribution < -0.4 is 4.74 Å². The Bertz CT molecular complexity index is 743. The summed E-state index contributed by atoms with van der Waals surface area (Å²) in [5, 5.41) is 2.56. The number of halogens is 1. The Hall–Kier alpha value is -2.13. The molecular formula is C15H11ClN2O. The van der Waals surface area contributed by atoms with Crippen LogP contribution in [0, 0.1) is 0 Å². The first kappa shape index (κ1) is 11.9. The summed E-state index contributed by atoms with van der Waals surface area (Å²) in [5.41, 5.74) is 1.62. The lowest BCUT2D eigenvalue weighted by Crippen LogP contribution is -1.93. The van der Waals surface area contributed by atoms with E-state index in [9.17, 15) is 0 Å². The number of nitrogens with zero attached hydrogens (tertiary/aromatic N) is 2. The molecule has 0 aliphatic carbocycles. The standard InChI is InChI=1S/C15H11ClN2O/c1-19-13-7-6-10-4-2-3-5-11(10)15(13)12-8-17-9-14(16)18-12/h2-9H,1H3. The highest BCUT2D eigenvalue weighted by molar-refractivity contribution is 6.29. The number of fused-ring (bicyclic) bond motifs is 1. The maximum absolute atomic E-state index is 5.93. The summed E-state index contributed by atoms with van der Waals surface area (Å²) in [5.74, 6) is 0.760. The third-order valence-electron chi connectivity index (χ3n) is 2.97. The number of methoxy groups -OCH3 is 1. The van der Waals surface area contributed by atoms with Gasteiger partial charge < -0.3 is 4.74 Å². The first-order chi connectivity index (χ1) is 9.29. The van der Waals surface area contributed by atoms with Crippen LogP contribution in [0.1, 0.15) is 0 Å². The highest BCUT2D eigenvalue weighted by Crippen LogP contribution is 2.35. The van der Waals surface area contributed by atoms with Gasteiger partial charge in [0.15, 0.2) is 0 Å². The summed E-state index contributed by atoms with van der Waals surface area (Å²) in [6.45, 7) is 0. The van der Waals surface area contributed by atoms with Crippen LogP contribution in [0.3, 0.4) is 0 Å². The second-order valence-corrected chi connectivity index (χ2v) is 4.48. The topological polar surface area (TPSA) is 35.0 Å². The fourth-order valence-corrected chi connectivity index (χ4v) is 2.30. The molecule has 0 amide bonds. The number of hydrogen-bond donors (Lipinski definition) is 0. The van der Waals surface area contributed by atoms with Gasteiger partial charge in [-0.15, -0.1) is 0 Å². The van der Waals surface area contributed by atoms with Crippen LogP contribution in [-0.4, -0.2) is 17.1 Å². The zero-order valence-electron chi connectivity index (χ0n) is 10.3. The molecular weight excluding hydrogens is 260 g/mol. The molecule has 0 saturated heterocycles. The first-order valence-corrected chi connectivity index (χ1v) is 6.21. The van der Waals surface area contributed by atoms with Crippen LogP contribution in [0.25, 0.3) is 22.0 Å². The Morgan fingerprint density at radius 3 is 2.68 bits per heavy atom. The van der Waals surface area contributed by atoms with Gasteiger partial charge in [0, 0.05) is 0 Å². The molecule has 0 fully saturated rings. The molecule has 3 nitrogen and oxygen atoms in total. The molecule has 2 aromatic carbocycles. The van der Waals surface area contributed by atoms with Crippen molar-refractivity contribution in [3.8, 4) is 17.0 Å². The fourth-order valence-electron chi connectivity index (χ4n) is 2.15. The second kappa shape index (κ2) is 4.86. The SMILES string of the molecule is COc1ccc2ccccc2c1-c1cncc(Cl)n1. The van der Waals surface area contributed by atoms with Gasteiger partial charge in [0.25, 0.3) is 0 Å². The van der Waals surface area contributed by atoms with Crippen molar-refractivity contribution < 1.29 is 4.74 Å². The molecule has 0 aliphatic heterocycles. The van der Waals surface area contributed by atoms with Crippen LogP contribution in [-0.2, 0) is 0 Å². The Kier molecular flexibility index (Phi) is 3.05. The van der Waals surface area contributed by atoms with Crippen molar-refractivity contribution in [1.29, 1.82) is 0 Å². The number of rotatable bonds is 2. The van der Waals surface area contributed by atoms with Crippen LogP contribution in [0.15, 0.2) is 48.8 Å². The van der Waals surface area contributed by atoms with E-state index in [2.05, 4.69) is 16.0 Å². The van der Waals surface area contributed by atoms with Crippen molar-refractivity contribution in [3.63, 3.8) is 0 Å². The van der Waals surface area contributed by atoms with E-state index in [1.165, 1.54) is 6.20 Å². The first-order valence-electron chi connectivity index (χ1n) is 5.83. The molecule has 4 heteroatoms. The van der Waals surface area contributed by atoms with Gasteiger partial charge in [-0.25, -0.2) is 4.98 Å². The van der Waals surface area contributed by atoms with Crippen molar-refractivity contribution in [2.24, 2.45) is 0 Å². The summed E-state index contributed by atoms with van der Waals surface area (Å²) in [6.07, 6.45) is 3.21. The van der Waals surface area contributed by atoms with Gasteiger partial charge in [-0.3, -0.25) is 4.98 Å². The summed E-state index contributed by atoms with van der Waals surface area (Å²) in [4.78, 5) is 8.42. The molecule has 94 valence electrons. The minimum absolute atomic E-state index is 0.368. The Labute approximate surface area is 115 Å². The summed E-state index contributed by atoms with van der Waals surface area (Å²) in [6, 6.07) is 12.0. The monoisotopic (exact) mass is 270 g/mol. The van der Waals surface area contributed by atoms with E-state index in [0.29, 0.717) is 10.8 Å². The van der Waals surface area contributed by atoms with Crippen molar-refractivity contribution in [3.05, 3.63) is 53.9 Å². The lowest BCUT2D eigenvalue weighted by atomic mass is 10.0. The average molecular weight is 271 g/mol. The van der Waals surface area contributed by atoms with Gasteiger partial charge >= 0.3 is 0 Å². The highest BCUT2D eigenvalue weighted by Gasteiger charge is 2.12. The van der Waals surface area contributed by atoms with Crippen molar-refractivity contribution in [2.45, 2.75) is 0 Å². The maximum Gasteiger partial charge on any atom is 0.148 e. The summed E-state index contributed by atoms with van der Waals surface area (Å²) >= 11 is 5.93. The number of hydrogen-bond acceptors (Lipinski definition) is 3. The maximum atomic E-state index is 5.93. The van der Waals surface area contributed by atoms with Crippen molar-refractivity contribution in [1.82, 2.24) is 9.97 Å². The van der Waals surface area contributed by atoms with E-state index in [1.807, 2.05) is 30.3 Å². The Morgan fingerprint density at radius 1 is 1.05 bits per heavy atom. The molecule has 1 aromatic heterocycles. The van der Waals surface area contributed by atoms with Crippen LogP contribution in [0.2, 0.25) is 5.15 Å². The van der Waals surface area contributed by atoms with Gasteiger partial charge in [-0.05, 0) is 16.8 Å². The van der Waals surface area contributed by atoms with Crippen molar-refractivity contribution in [2.75, 3.05) is 7.11 Å². The molecule has 0 spiro atoms. The largest absolute Gasteiger partial charge is 0.496 e. The van der Waals surface area contributed by atoms with Crippen LogP contribution >= 0.6 is 11.6 Å². The zero-order valence-corrected chi connectivity index (χ0v) is 11.1. The third kappa shape index (κ3) is 2.13. The van der Waals surface area contributed by atoms with Gasteiger partial charge in [0.1, 0.15) is 10.9 Å². The molecule has 3 aromatic rings. The van der Waals surface area contributed by atoms with Gasteiger partial charge in [-0.2, -0.15) is 0 Å². The molecule has 0 atom stereocenters. The van der Waals surface area contributed by atoms with E-state index in [4.69, 9.17) is 16.3 Å². The number of benzene rings is 2. The summed E-state index contributed by atoms with van der Waals surface area (Å²) in [7, 11) is 1.64. The number of ether oxygens (including phenoxy) is 1. The summed E-state index contributed by atoms with van der Waals surface area (Å²) < 4.78 is 5.44. The minimum Gasteiger partial charge on any atom is -0.496 e. The average Bonchev–Trinajstić information content (AvgIpc) is 2.46. The molecule has 0 saturated carbocycles. The Balaban J connectivity index is 2.37. The van der Waals surface area contributed by atoms with E-state index in [-0.39, 0.29) is 0 Å². The van der Waals surface area contributed by atoms with Gasteiger partial charge in [0.2, 0.25) is 0 Å². The molecule has 0 radical (unpaired) electrons. The predicted molar refractivity (Wildman–Crippen MR) is 76.5 cm³/mol. The predicted octanol–water partition coefficient (Wildman–Crippen LogP) is 3.96. The fraction of sp³-hybridized carbons (Fsp3) is 0.0667. The van der Waals surface area contributed by atoms with E-state index < -0.39 is 0 Å². The second-order valence-electron chi connectivity index (χ2n) is 4.09. The van der Waals surface area contributed by atoms with Crippen LogP contribution in [0.5, 0.6) is 5.75 Å². The van der Waals surface area contributed by atoms with E-state index in [0.717, 1.165) is 22.1 Å². The molecule has 3 rings (SSSR count). The van der Waals surface area contributed by atoms with E-state index in [1.54, 1.807) is 13.3 Å². The zero-order chi connectivity index (χ0) is 13.2. The van der Waals surface area contributed by atoms with Gasteiger partial charge in [0.05, 0.1) is 30.8 Å². The lowest BCUT2D eigenvalue weighted by Gasteiger charge is -2.11. The highest BCUT2D eigenvalue weighted by atomic mass is 35.5. The molecule has 1 heterocycles. The van der Waals surface area contributed by atoms with Crippen LogP contribution in [0.4, 0.5) is 0 Å². The smallest absolute Gasteiger partial charge is 0.148 e. The lowest BCUT2D eigenvalue weighted by molar-refractivity contribution is 0.417. The third-order valence-corrected chi connectivity index (χ3v) is 3.15. The molecule has 0 aliphatic rings. The number of aromatic nitrogens is 2. The molecule has 0 N–H and O–H groups in total. The molecule has 0 unspecified atom stereocenters. The van der Waals surface area contributed by atoms with E-state index >= 15 is 0 Å².